The first kappa shape index (κ1) is 9.39. The van der Waals surface area contributed by atoms with E-state index < -0.39 is 0 Å². The fraction of sp³-hybridized carbons (Fsp3) is 0.625. The van der Waals surface area contributed by atoms with Crippen molar-refractivity contribution < 1.29 is 4.79 Å². The van der Waals surface area contributed by atoms with Crippen LogP contribution >= 0.6 is 11.5 Å². The van der Waals surface area contributed by atoms with Gasteiger partial charge in [-0.3, -0.25) is 4.79 Å². The molecule has 0 aromatic carbocycles. The number of amides is 1. The first-order valence-electron chi connectivity index (χ1n) is 4.54. The van der Waals surface area contributed by atoms with Crippen LogP contribution < -0.4 is 5.32 Å². The standard InChI is InChI=1S/C8H12N4OS/c1-6(13)12-3-2-7(4-12)11-8-9-5-10-14-8/h5,7H,2-4H2,1H3,(H,9,10,11). The Kier molecular flexibility index (Phi) is 2.62. The number of carbonyl (C=O) groups excluding carboxylic acids is 1. The van der Waals surface area contributed by atoms with Crippen LogP contribution in [0.15, 0.2) is 6.33 Å². The van der Waals surface area contributed by atoms with Gasteiger partial charge in [-0.2, -0.15) is 4.37 Å². The molecule has 1 aromatic rings. The summed E-state index contributed by atoms with van der Waals surface area (Å²) in [7, 11) is 0. The third-order valence-electron chi connectivity index (χ3n) is 2.32. The van der Waals surface area contributed by atoms with Crippen LogP contribution in [0.2, 0.25) is 0 Å². The molecule has 1 atom stereocenters. The van der Waals surface area contributed by atoms with Gasteiger partial charge in [-0.05, 0) is 6.42 Å². The SMILES string of the molecule is CC(=O)N1CCC(Nc2ncns2)C1. The predicted octanol–water partition coefficient (Wildman–Crippen LogP) is 0.571. The summed E-state index contributed by atoms with van der Waals surface area (Å²) in [5.74, 6) is 0.145. The van der Waals surface area contributed by atoms with Gasteiger partial charge >= 0.3 is 0 Å². The molecule has 0 bridgehead atoms. The second-order valence-corrected chi connectivity index (χ2v) is 4.12. The number of anilines is 1. The van der Waals surface area contributed by atoms with E-state index in [2.05, 4.69) is 14.7 Å². The molecule has 6 heteroatoms. The van der Waals surface area contributed by atoms with Crippen LogP contribution in [-0.4, -0.2) is 39.3 Å². The van der Waals surface area contributed by atoms with Crippen LogP contribution in [0.25, 0.3) is 0 Å². The highest BCUT2D eigenvalue weighted by Crippen LogP contribution is 2.15. The smallest absolute Gasteiger partial charge is 0.219 e. The maximum Gasteiger partial charge on any atom is 0.219 e. The number of hydrogen-bond acceptors (Lipinski definition) is 5. The minimum atomic E-state index is 0.145. The second kappa shape index (κ2) is 3.91. The topological polar surface area (TPSA) is 58.1 Å². The van der Waals surface area contributed by atoms with Crippen molar-refractivity contribution >= 4 is 22.6 Å². The molecule has 76 valence electrons. The van der Waals surface area contributed by atoms with E-state index in [4.69, 9.17) is 0 Å². The number of carbonyl (C=O) groups is 1. The molecule has 1 aromatic heterocycles. The van der Waals surface area contributed by atoms with Gasteiger partial charge in [-0.15, -0.1) is 0 Å². The molecule has 1 aliphatic heterocycles. The Morgan fingerprint density at radius 1 is 1.79 bits per heavy atom. The van der Waals surface area contributed by atoms with Crippen LogP contribution in [0.5, 0.6) is 0 Å². The fourth-order valence-corrected chi connectivity index (χ4v) is 2.08. The van der Waals surface area contributed by atoms with E-state index in [1.165, 1.54) is 17.9 Å². The number of likely N-dealkylation sites (tertiary alicyclic amines) is 1. The number of nitrogens with zero attached hydrogens (tertiary/aromatic N) is 3. The van der Waals surface area contributed by atoms with Crippen molar-refractivity contribution in [1.29, 1.82) is 0 Å². The van der Waals surface area contributed by atoms with Gasteiger partial charge in [-0.1, -0.05) is 0 Å². The molecule has 0 spiro atoms. The van der Waals surface area contributed by atoms with E-state index in [1.807, 2.05) is 4.90 Å². The minimum absolute atomic E-state index is 0.145. The van der Waals surface area contributed by atoms with Gasteiger partial charge in [0, 0.05) is 37.6 Å². The Bertz CT molecular complexity index is 313. The average molecular weight is 212 g/mol. The molecular weight excluding hydrogens is 200 g/mol. The molecule has 0 aliphatic carbocycles. The van der Waals surface area contributed by atoms with E-state index >= 15 is 0 Å². The number of aromatic nitrogens is 2. The van der Waals surface area contributed by atoms with Crippen molar-refractivity contribution in [3.05, 3.63) is 6.33 Å². The largest absolute Gasteiger partial charge is 0.356 e. The van der Waals surface area contributed by atoms with Crippen LogP contribution in [0, 0.1) is 0 Å². The molecule has 1 unspecified atom stereocenters. The van der Waals surface area contributed by atoms with Gasteiger partial charge in [-0.25, -0.2) is 4.98 Å². The summed E-state index contributed by atoms with van der Waals surface area (Å²) >= 11 is 1.34. The van der Waals surface area contributed by atoms with Crippen LogP contribution in [0.1, 0.15) is 13.3 Å². The van der Waals surface area contributed by atoms with Gasteiger partial charge in [0.2, 0.25) is 11.0 Å². The lowest BCUT2D eigenvalue weighted by Gasteiger charge is -2.14. The number of nitrogens with one attached hydrogen (secondary N) is 1. The van der Waals surface area contributed by atoms with Crippen molar-refractivity contribution in [2.45, 2.75) is 19.4 Å². The summed E-state index contributed by atoms with van der Waals surface area (Å²) in [6, 6.07) is 0.326. The zero-order valence-electron chi connectivity index (χ0n) is 7.93. The molecule has 2 heterocycles. The lowest BCUT2D eigenvalue weighted by molar-refractivity contribution is -0.127. The summed E-state index contributed by atoms with van der Waals surface area (Å²) in [5.41, 5.74) is 0. The number of hydrogen-bond donors (Lipinski definition) is 1. The summed E-state index contributed by atoms with van der Waals surface area (Å²) in [5, 5.41) is 4.09. The highest BCUT2D eigenvalue weighted by Gasteiger charge is 2.24. The first-order valence-corrected chi connectivity index (χ1v) is 5.32. The normalized spacial score (nSPS) is 21.2. The quantitative estimate of drug-likeness (QED) is 0.778. The number of rotatable bonds is 2. The zero-order valence-corrected chi connectivity index (χ0v) is 8.75. The first-order chi connectivity index (χ1) is 6.75. The Hall–Kier alpha value is -1.17. The molecule has 1 fully saturated rings. The van der Waals surface area contributed by atoms with Crippen LogP contribution in [-0.2, 0) is 4.79 Å². The van der Waals surface area contributed by atoms with E-state index in [-0.39, 0.29) is 5.91 Å². The van der Waals surface area contributed by atoms with E-state index in [0.29, 0.717) is 6.04 Å². The fourth-order valence-electron chi connectivity index (χ4n) is 1.58. The van der Waals surface area contributed by atoms with Gasteiger partial charge in [0.05, 0.1) is 0 Å². The lowest BCUT2D eigenvalue weighted by atomic mass is 10.3. The van der Waals surface area contributed by atoms with E-state index in [0.717, 1.165) is 24.6 Å². The van der Waals surface area contributed by atoms with E-state index in [9.17, 15) is 4.79 Å². The molecule has 0 saturated carbocycles. The monoisotopic (exact) mass is 212 g/mol. The molecule has 2 rings (SSSR count). The van der Waals surface area contributed by atoms with Crippen LogP contribution in [0.3, 0.4) is 0 Å². The Morgan fingerprint density at radius 3 is 3.21 bits per heavy atom. The maximum absolute atomic E-state index is 11.1. The molecule has 0 radical (unpaired) electrons. The third-order valence-corrected chi connectivity index (χ3v) is 2.92. The highest BCUT2D eigenvalue weighted by molar-refractivity contribution is 7.09. The molecule has 1 N–H and O–H groups in total. The van der Waals surface area contributed by atoms with Crippen molar-refractivity contribution in [3.63, 3.8) is 0 Å². The minimum Gasteiger partial charge on any atom is -0.356 e. The summed E-state index contributed by atoms with van der Waals surface area (Å²) in [6.45, 7) is 3.22. The molecule has 1 saturated heterocycles. The summed E-state index contributed by atoms with van der Waals surface area (Å²) < 4.78 is 3.91. The second-order valence-electron chi connectivity index (χ2n) is 3.34. The molecule has 1 amide bonds. The third kappa shape index (κ3) is 2.01. The van der Waals surface area contributed by atoms with Gasteiger partial charge in [0.25, 0.3) is 0 Å². The zero-order chi connectivity index (χ0) is 9.97. The van der Waals surface area contributed by atoms with Crippen molar-refractivity contribution in [3.8, 4) is 0 Å². The Balaban J connectivity index is 1.87. The Labute approximate surface area is 86.3 Å². The molecule has 14 heavy (non-hydrogen) atoms. The molecule has 1 aliphatic rings. The van der Waals surface area contributed by atoms with Crippen molar-refractivity contribution in [2.75, 3.05) is 18.4 Å². The maximum atomic E-state index is 11.1. The highest BCUT2D eigenvalue weighted by atomic mass is 32.1. The van der Waals surface area contributed by atoms with E-state index in [1.54, 1.807) is 6.92 Å². The molecule has 5 nitrogen and oxygen atoms in total. The predicted molar refractivity (Wildman–Crippen MR) is 54.2 cm³/mol. The van der Waals surface area contributed by atoms with Crippen LogP contribution in [0.4, 0.5) is 5.13 Å². The summed E-state index contributed by atoms with van der Waals surface area (Å²) in [6.07, 6.45) is 2.52. The Morgan fingerprint density at radius 2 is 2.64 bits per heavy atom. The van der Waals surface area contributed by atoms with Gasteiger partial charge in [0.1, 0.15) is 6.33 Å². The average Bonchev–Trinajstić information content (AvgIpc) is 2.75. The van der Waals surface area contributed by atoms with Gasteiger partial charge < -0.3 is 10.2 Å². The van der Waals surface area contributed by atoms with Gasteiger partial charge in [0.15, 0.2) is 0 Å². The molecular formula is C8H12N4OS. The van der Waals surface area contributed by atoms with Crippen molar-refractivity contribution in [1.82, 2.24) is 14.3 Å². The van der Waals surface area contributed by atoms with Crippen molar-refractivity contribution in [2.24, 2.45) is 0 Å². The lowest BCUT2D eigenvalue weighted by Crippen LogP contribution is -2.29. The summed E-state index contributed by atoms with van der Waals surface area (Å²) in [4.78, 5) is 17.0.